The zero-order valence-corrected chi connectivity index (χ0v) is 13.2. The molecule has 3 rings (SSSR count). The second kappa shape index (κ2) is 7.42. The fourth-order valence-electron chi connectivity index (χ4n) is 2.53. The van der Waals surface area contributed by atoms with E-state index in [-0.39, 0.29) is 5.56 Å². The van der Waals surface area contributed by atoms with Crippen molar-refractivity contribution in [3.63, 3.8) is 0 Å². The van der Waals surface area contributed by atoms with E-state index in [9.17, 15) is 4.79 Å². The normalized spacial score (nSPS) is 10.3. The van der Waals surface area contributed by atoms with Crippen molar-refractivity contribution in [1.82, 2.24) is 4.98 Å². The van der Waals surface area contributed by atoms with Crippen molar-refractivity contribution in [2.75, 3.05) is 4.90 Å². The number of benzene rings is 2. The summed E-state index contributed by atoms with van der Waals surface area (Å²) >= 11 is 0. The molecule has 0 atom stereocenters. The number of carboxylic acid groups (broad SMARTS) is 1. The first-order valence-electron chi connectivity index (χ1n) is 7.74. The van der Waals surface area contributed by atoms with Gasteiger partial charge in [-0.25, -0.2) is 9.78 Å². The zero-order chi connectivity index (χ0) is 16.8. The molecule has 24 heavy (non-hydrogen) atoms. The van der Waals surface area contributed by atoms with E-state index in [2.05, 4.69) is 34.1 Å². The Morgan fingerprint density at radius 3 is 1.79 bits per heavy atom. The highest BCUT2D eigenvalue weighted by Gasteiger charge is 2.11. The van der Waals surface area contributed by atoms with E-state index in [0.717, 1.165) is 5.82 Å². The van der Waals surface area contributed by atoms with Crippen LogP contribution in [0.3, 0.4) is 0 Å². The van der Waals surface area contributed by atoms with Crippen LogP contribution in [0.15, 0.2) is 79.0 Å². The predicted octanol–water partition coefficient (Wildman–Crippen LogP) is 3.99. The van der Waals surface area contributed by atoms with Crippen LogP contribution in [0, 0.1) is 0 Å². The molecule has 0 unspecified atom stereocenters. The maximum atomic E-state index is 11.0. The van der Waals surface area contributed by atoms with Crippen molar-refractivity contribution < 1.29 is 9.90 Å². The van der Waals surface area contributed by atoms with Crippen molar-refractivity contribution in [2.24, 2.45) is 0 Å². The molecule has 0 aliphatic carbocycles. The molecule has 0 bridgehead atoms. The van der Waals surface area contributed by atoms with E-state index in [1.807, 2.05) is 36.4 Å². The lowest BCUT2D eigenvalue weighted by atomic mass is 10.1. The molecule has 0 aliphatic heterocycles. The summed E-state index contributed by atoms with van der Waals surface area (Å²) in [4.78, 5) is 17.5. The lowest BCUT2D eigenvalue weighted by molar-refractivity contribution is 0.0696. The van der Waals surface area contributed by atoms with Crippen LogP contribution in [0.1, 0.15) is 21.5 Å². The van der Waals surface area contributed by atoms with Gasteiger partial charge in [0.05, 0.1) is 5.56 Å². The van der Waals surface area contributed by atoms with E-state index in [4.69, 9.17) is 5.11 Å². The fraction of sp³-hybridized carbons (Fsp3) is 0.100. The summed E-state index contributed by atoms with van der Waals surface area (Å²) < 4.78 is 0. The molecule has 2 aromatic carbocycles. The summed E-state index contributed by atoms with van der Waals surface area (Å²) in [6.07, 6.45) is 1.40. The van der Waals surface area contributed by atoms with Crippen molar-refractivity contribution in [1.29, 1.82) is 0 Å². The number of hydrogen-bond donors (Lipinski definition) is 1. The van der Waals surface area contributed by atoms with E-state index in [0.29, 0.717) is 13.1 Å². The first-order valence-corrected chi connectivity index (χ1v) is 7.74. The first-order chi connectivity index (χ1) is 11.7. The van der Waals surface area contributed by atoms with Crippen molar-refractivity contribution >= 4 is 11.8 Å². The largest absolute Gasteiger partial charge is 0.478 e. The summed E-state index contributed by atoms with van der Waals surface area (Å²) in [6.45, 7) is 1.41. The summed E-state index contributed by atoms with van der Waals surface area (Å²) in [6, 6.07) is 23.7. The Bertz CT molecular complexity index is 745. The van der Waals surface area contributed by atoms with Gasteiger partial charge in [-0.3, -0.25) is 0 Å². The van der Waals surface area contributed by atoms with E-state index in [1.165, 1.54) is 17.3 Å². The highest BCUT2D eigenvalue weighted by molar-refractivity contribution is 5.87. The van der Waals surface area contributed by atoms with Gasteiger partial charge in [-0.1, -0.05) is 60.7 Å². The molecule has 0 saturated heterocycles. The van der Waals surface area contributed by atoms with Crippen LogP contribution in [0.2, 0.25) is 0 Å². The van der Waals surface area contributed by atoms with Crippen LogP contribution >= 0.6 is 0 Å². The van der Waals surface area contributed by atoms with Crippen LogP contribution < -0.4 is 4.90 Å². The van der Waals surface area contributed by atoms with Crippen LogP contribution in [0.4, 0.5) is 5.82 Å². The number of aromatic nitrogens is 1. The average molecular weight is 318 g/mol. The smallest absolute Gasteiger partial charge is 0.337 e. The standard InChI is InChI=1S/C20H18N2O2/c23-20(24)18-11-12-19(21-13-18)22(14-16-7-3-1-4-8-16)15-17-9-5-2-6-10-17/h1-13H,14-15H2,(H,23,24). The number of anilines is 1. The second-order valence-corrected chi connectivity index (χ2v) is 5.54. The minimum atomic E-state index is -0.966. The van der Waals surface area contributed by atoms with Gasteiger partial charge in [0.15, 0.2) is 0 Å². The van der Waals surface area contributed by atoms with Gasteiger partial charge in [-0.05, 0) is 23.3 Å². The second-order valence-electron chi connectivity index (χ2n) is 5.54. The summed E-state index contributed by atoms with van der Waals surface area (Å²) in [7, 11) is 0. The topological polar surface area (TPSA) is 53.4 Å². The number of nitrogens with zero attached hydrogens (tertiary/aromatic N) is 2. The average Bonchev–Trinajstić information content (AvgIpc) is 2.63. The molecule has 4 nitrogen and oxygen atoms in total. The molecule has 0 amide bonds. The maximum Gasteiger partial charge on any atom is 0.337 e. The SMILES string of the molecule is O=C(O)c1ccc(N(Cc2ccccc2)Cc2ccccc2)nc1. The Labute approximate surface area is 141 Å². The third kappa shape index (κ3) is 3.98. The summed E-state index contributed by atoms with van der Waals surface area (Å²) in [5.74, 6) is -0.209. The van der Waals surface area contributed by atoms with Gasteiger partial charge in [0.2, 0.25) is 0 Å². The predicted molar refractivity (Wildman–Crippen MR) is 94.0 cm³/mol. The molecule has 1 heterocycles. The number of rotatable bonds is 6. The van der Waals surface area contributed by atoms with Gasteiger partial charge in [0.25, 0.3) is 0 Å². The van der Waals surface area contributed by atoms with Gasteiger partial charge >= 0.3 is 5.97 Å². The Balaban J connectivity index is 1.87. The number of carbonyl (C=O) groups is 1. The Hall–Kier alpha value is -3.14. The number of pyridine rings is 1. The van der Waals surface area contributed by atoms with Gasteiger partial charge in [0, 0.05) is 19.3 Å². The molecular formula is C20H18N2O2. The van der Waals surface area contributed by atoms with Gasteiger partial charge in [-0.2, -0.15) is 0 Å². The number of hydrogen-bond acceptors (Lipinski definition) is 3. The minimum Gasteiger partial charge on any atom is -0.478 e. The van der Waals surface area contributed by atoms with Crippen LogP contribution in [0.25, 0.3) is 0 Å². The van der Waals surface area contributed by atoms with Crippen molar-refractivity contribution in [3.8, 4) is 0 Å². The molecule has 0 aliphatic rings. The summed E-state index contributed by atoms with van der Waals surface area (Å²) in [5, 5.41) is 9.03. The molecule has 4 heteroatoms. The van der Waals surface area contributed by atoms with E-state index >= 15 is 0 Å². The van der Waals surface area contributed by atoms with E-state index in [1.54, 1.807) is 12.1 Å². The highest BCUT2D eigenvalue weighted by Crippen LogP contribution is 2.18. The number of carboxylic acids is 1. The molecule has 0 saturated carbocycles. The Morgan fingerprint density at radius 2 is 1.38 bits per heavy atom. The van der Waals surface area contributed by atoms with Crippen LogP contribution in [-0.2, 0) is 13.1 Å². The highest BCUT2D eigenvalue weighted by atomic mass is 16.4. The summed E-state index contributed by atoms with van der Waals surface area (Å²) in [5.41, 5.74) is 2.55. The van der Waals surface area contributed by atoms with Crippen LogP contribution in [0.5, 0.6) is 0 Å². The molecule has 120 valence electrons. The van der Waals surface area contributed by atoms with Gasteiger partial charge in [-0.15, -0.1) is 0 Å². The van der Waals surface area contributed by atoms with Gasteiger partial charge in [0.1, 0.15) is 5.82 Å². The molecule has 0 fully saturated rings. The molecule has 0 spiro atoms. The monoisotopic (exact) mass is 318 g/mol. The lowest BCUT2D eigenvalue weighted by Crippen LogP contribution is -2.23. The first kappa shape index (κ1) is 15.7. The molecule has 1 N–H and O–H groups in total. The molecule has 1 aromatic heterocycles. The van der Waals surface area contributed by atoms with Gasteiger partial charge < -0.3 is 10.0 Å². The molecule has 0 radical (unpaired) electrons. The Kier molecular flexibility index (Phi) is 4.87. The van der Waals surface area contributed by atoms with E-state index < -0.39 is 5.97 Å². The molecular weight excluding hydrogens is 300 g/mol. The lowest BCUT2D eigenvalue weighted by Gasteiger charge is -2.24. The quantitative estimate of drug-likeness (QED) is 0.747. The third-order valence-electron chi connectivity index (χ3n) is 3.75. The fourth-order valence-corrected chi connectivity index (χ4v) is 2.53. The van der Waals surface area contributed by atoms with Crippen molar-refractivity contribution in [3.05, 3.63) is 95.7 Å². The van der Waals surface area contributed by atoms with Crippen molar-refractivity contribution in [2.45, 2.75) is 13.1 Å². The van der Waals surface area contributed by atoms with Crippen LogP contribution in [-0.4, -0.2) is 16.1 Å². The number of aromatic carboxylic acids is 1. The maximum absolute atomic E-state index is 11.0. The third-order valence-corrected chi connectivity index (χ3v) is 3.75. The minimum absolute atomic E-state index is 0.193. The Morgan fingerprint density at radius 1 is 0.833 bits per heavy atom. The zero-order valence-electron chi connectivity index (χ0n) is 13.2. The molecule has 3 aromatic rings.